The number of hydrogen-bond donors (Lipinski definition) is 1. The van der Waals surface area contributed by atoms with Crippen molar-refractivity contribution in [3.05, 3.63) is 28.2 Å². The quantitative estimate of drug-likeness (QED) is 0.813. The van der Waals surface area contributed by atoms with Crippen LogP contribution in [0.5, 0.6) is 5.75 Å². The van der Waals surface area contributed by atoms with Crippen molar-refractivity contribution >= 4 is 37.8 Å². The Kier molecular flexibility index (Phi) is 5.98. The largest absolute Gasteiger partial charge is 0.496 e. The summed E-state index contributed by atoms with van der Waals surface area (Å²) in [4.78, 5) is 12.2. The second-order valence-electron chi connectivity index (χ2n) is 3.56. The molecule has 0 aliphatic rings. The molecule has 1 unspecified atom stereocenters. The number of amides is 1. The molecule has 0 heterocycles. The Morgan fingerprint density at radius 2 is 2.24 bits per heavy atom. The van der Waals surface area contributed by atoms with Gasteiger partial charge >= 0.3 is 0 Å². The predicted molar refractivity (Wildman–Crippen MR) is 76.0 cm³/mol. The molecule has 1 aromatic rings. The number of carbonyl (C=O) groups is 1. The smallest absolute Gasteiger partial charge is 0.255 e. The number of benzene rings is 1. The average Bonchev–Trinajstić information content (AvgIpc) is 2.35. The molecule has 1 rings (SSSR count). The van der Waals surface area contributed by atoms with Gasteiger partial charge in [0.1, 0.15) is 5.75 Å². The molecule has 5 heteroatoms. The van der Waals surface area contributed by atoms with Gasteiger partial charge in [0.2, 0.25) is 0 Å². The first kappa shape index (κ1) is 14.5. The highest BCUT2D eigenvalue weighted by atomic mass is 79.9. The van der Waals surface area contributed by atoms with Crippen molar-refractivity contribution in [3.8, 4) is 5.75 Å². The Labute approximate surface area is 118 Å². The fourth-order valence-corrected chi connectivity index (χ4v) is 1.80. The first-order chi connectivity index (χ1) is 8.08. The lowest BCUT2D eigenvalue weighted by Gasteiger charge is -2.11. The maximum Gasteiger partial charge on any atom is 0.255 e. The highest BCUT2D eigenvalue weighted by molar-refractivity contribution is 9.10. The Bertz CT molecular complexity index is 396. The lowest BCUT2D eigenvalue weighted by Crippen LogP contribution is -2.29. The molecule has 0 saturated heterocycles. The third-order valence-electron chi connectivity index (χ3n) is 2.34. The fraction of sp³-hybridized carbons (Fsp3) is 0.417. The molecule has 1 amide bonds. The monoisotopic (exact) mass is 363 g/mol. The third-order valence-corrected chi connectivity index (χ3v) is 3.80. The molecule has 0 radical (unpaired) electrons. The molecule has 0 saturated carbocycles. The van der Waals surface area contributed by atoms with Gasteiger partial charge in [-0.05, 0) is 24.6 Å². The Balaban J connectivity index is 2.75. The van der Waals surface area contributed by atoms with Gasteiger partial charge in [0.15, 0.2) is 0 Å². The first-order valence-corrected chi connectivity index (χ1v) is 7.05. The van der Waals surface area contributed by atoms with Crippen LogP contribution in [0.1, 0.15) is 23.7 Å². The highest BCUT2D eigenvalue weighted by Crippen LogP contribution is 2.23. The summed E-state index contributed by atoms with van der Waals surface area (Å²) in [6.45, 7) is 2.67. The van der Waals surface area contributed by atoms with Crippen molar-refractivity contribution in [3.63, 3.8) is 0 Å². The molecule has 17 heavy (non-hydrogen) atoms. The van der Waals surface area contributed by atoms with Gasteiger partial charge < -0.3 is 10.1 Å². The van der Waals surface area contributed by atoms with E-state index in [1.165, 1.54) is 0 Å². The van der Waals surface area contributed by atoms with Crippen LogP contribution >= 0.6 is 31.9 Å². The topological polar surface area (TPSA) is 38.3 Å². The Hall–Kier alpha value is -0.550. The van der Waals surface area contributed by atoms with Crippen molar-refractivity contribution in [2.75, 3.05) is 13.7 Å². The van der Waals surface area contributed by atoms with Crippen LogP contribution in [0.25, 0.3) is 0 Å². The summed E-state index contributed by atoms with van der Waals surface area (Å²) < 4.78 is 6.06. The minimum absolute atomic E-state index is 0.118. The molecular weight excluding hydrogens is 350 g/mol. The molecule has 0 aliphatic carbocycles. The minimum Gasteiger partial charge on any atom is -0.496 e. The van der Waals surface area contributed by atoms with E-state index in [9.17, 15) is 4.79 Å². The summed E-state index contributed by atoms with van der Waals surface area (Å²) in [7, 11) is 1.55. The van der Waals surface area contributed by atoms with Crippen LogP contribution in [0.15, 0.2) is 22.7 Å². The Morgan fingerprint density at radius 1 is 1.53 bits per heavy atom. The molecular formula is C12H15Br2NO2. The van der Waals surface area contributed by atoms with Gasteiger partial charge in [-0.15, -0.1) is 0 Å². The third kappa shape index (κ3) is 4.32. The fourth-order valence-electron chi connectivity index (χ4n) is 1.30. The molecule has 0 bridgehead atoms. The molecule has 0 spiro atoms. The van der Waals surface area contributed by atoms with Crippen molar-refractivity contribution in [2.24, 2.45) is 0 Å². The molecule has 0 aromatic heterocycles. The number of hydrogen-bond acceptors (Lipinski definition) is 2. The zero-order valence-corrected chi connectivity index (χ0v) is 13.0. The summed E-state index contributed by atoms with van der Waals surface area (Å²) in [6.07, 6.45) is 0.970. The molecule has 1 atom stereocenters. The van der Waals surface area contributed by atoms with Crippen molar-refractivity contribution in [1.82, 2.24) is 5.32 Å². The maximum atomic E-state index is 11.9. The number of carbonyl (C=O) groups excluding carboxylic acids is 1. The van der Waals surface area contributed by atoms with Crippen molar-refractivity contribution in [1.29, 1.82) is 0 Å². The SMILES string of the molecule is CCC(Br)CNC(=O)c1ccc(Br)cc1OC. The molecule has 94 valence electrons. The van der Waals surface area contributed by atoms with Gasteiger partial charge in [0.25, 0.3) is 5.91 Å². The second kappa shape index (κ2) is 7.01. The van der Waals surface area contributed by atoms with Gasteiger partial charge in [-0.2, -0.15) is 0 Å². The first-order valence-electron chi connectivity index (χ1n) is 5.34. The van der Waals surface area contributed by atoms with Gasteiger partial charge in [-0.1, -0.05) is 38.8 Å². The van der Waals surface area contributed by atoms with Gasteiger partial charge in [-0.25, -0.2) is 0 Å². The number of ether oxygens (including phenoxy) is 1. The summed E-state index contributed by atoms with van der Waals surface area (Å²) in [6, 6.07) is 5.34. The van der Waals surface area contributed by atoms with E-state index in [-0.39, 0.29) is 5.91 Å². The second-order valence-corrected chi connectivity index (χ2v) is 5.77. The van der Waals surface area contributed by atoms with Crippen LogP contribution in [-0.2, 0) is 0 Å². The molecule has 1 aromatic carbocycles. The van der Waals surface area contributed by atoms with Crippen molar-refractivity contribution in [2.45, 2.75) is 18.2 Å². The summed E-state index contributed by atoms with van der Waals surface area (Å²) >= 11 is 6.81. The number of methoxy groups -OCH3 is 1. The van der Waals surface area contributed by atoms with Crippen LogP contribution in [-0.4, -0.2) is 24.4 Å². The summed E-state index contributed by atoms with van der Waals surface area (Å²) in [5, 5.41) is 2.86. The molecule has 0 aliphatic heterocycles. The molecule has 0 fully saturated rings. The van der Waals surface area contributed by atoms with E-state index in [2.05, 4.69) is 44.1 Å². The van der Waals surface area contributed by atoms with Crippen LogP contribution in [0.4, 0.5) is 0 Å². The standard InChI is InChI=1S/C12H15Br2NO2/c1-3-8(13)7-15-12(16)10-5-4-9(14)6-11(10)17-2/h4-6,8H,3,7H2,1-2H3,(H,15,16). The predicted octanol–water partition coefficient (Wildman–Crippen LogP) is 3.36. The van der Waals surface area contributed by atoms with E-state index in [0.29, 0.717) is 22.7 Å². The lowest BCUT2D eigenvalue weighted by atomic mass is 10.2. The normalized spacial score (nSPS) is 12.0. The van der Waals surface area contributed by atoms with Crippen LogP contribution < -0.4 is 10.1 Å². The molecule has 1 N–H and O–H groups in total. The zero-order chi connectivity index (χ0) is 12.8. The maximum absolute atomic E-state index is 11.9. The van der Waals surface area contributed by atoms with Gasteiger partial charge in [-0.3, -0.25) is 4.79 Å². The molecule has 3 nitrogen and oxygen atoms in total. The Morgan fingerprint density at radius 3 is 2.82 bits per heavy atom. The van der Waals surface area contributed by atoms with Gasteiger partial charge in [0, 0.05) is 15.8 Å². The van der Waals surface area contributed by atoms with E-state index in [0.717, 1.165) is 10.9 Å². The average molecular weight is 365 g/mol. The number of halogens is 2. The van der Waals surface area contributed by atoms with Crippen LogP contribution in [0, 0.1) is 0 Å². The summed E-state index contributed by atoms with van der Waals surface area (Å²) in [5.41, 5.74) is 0.548. The van der Waals surface area contributed by atoms with E-state index in [1.807, 2.05) is 6.07 Å². The number of alkyl halides is 1. The summed E-state index contributed by atoms with van der Waals surface area (Å²) in [5.74, 6) is 0.451. The van der Waals surface area contributed by atoms with Crippen LogP contribution in [0.2, 0.25) is 0 Å². The van der Waals surface area contributed by atoms with Crippen molar-refractivity contribution < 1.29 is 9.53 Å². The highest BCUT2D eigenvalue weighted by Gasteiger charge is 2.13. The van der Waals surface area contributed by atoms with Gasteiger partial charge in [0.05, 0.1) is 12.7 Å². The van der Waals surface area contributed by atoms with Crippen LogP contribution in [0.3, 0.4) is 0 Å². The minimum atomic E-state index is -0.118. The zero-order valence-electron chi connectivity index (χ0n) is 9.80. The van der Waals surface area contributed by atoms with E-state index < -0.39 is 0 Å². The number of rotatable bonds is 5. The van der Waals surface area contributed by atoms with E-state index in [1.54, 1.807) is 19.2 Å². The van der Waals surface area contributed by atoms with E-state index >= 15 is 0 Å². The lowest BCUT2D eigenvalue weighted by molar-refractivity contribution is 0.0951. The number of nitrogens with one attached hydrogen (secondary N) is 1. The van der Waals surface area contributed by atoms with E-state index in [4.69, 9.17) is 4.74 Å².